The molecule has 1 aliphatic rings. The lowest BCUT2D eigenvalue weighted by Gasteiger charge is -2.27. The average Bonchev–Trinajstić information content (AvgIpc) is 2.64. The molecule has 1 aromatic rings. The highest BCUT2D eigenvalue weighted by molar-refractivity contribution is 7.90. The lowest BCUT2D eigenvalue weighted by Crippen LogP contribution is -2.27. The Hall–Kier alpha value is -1.89. The zero-order valence-corrected chi connectivity index (χ0v) is 16.9. The maximum absolute atomic E-state index is 12.2. The third-order valence-corrected chi connectivity index (χ3v) is 6.15. The molecule has 2 rings (SSSR count). The molecule has 0 spiro atoms. The van der Waals surface area contributed by atoms with Gasteiger partial charge in [0.05, 0.1) is 10.8 Å². The Morgan fingerprint density at radius 1 is 1.19 bits per heavy atom. The molecule has 1 saturated carbocycles. The SMILES string of the molecule is CCCCC1CCC(C(=O)OCC(=O)Nc2cccc(S(C)(=O)=O)c2)CC1. The van der Waals surface area contributed by atoms with E-state index in [4.69, 9.17) is 4.74 Å². The highest BCUT2D eigenvalue weighted by Gasteiger charge is 2.27. The summed E-state index contributed by atoms with van der Waals surface area (Å²) in [4.78, 5) is 24.3. The van der Waals surface area contributed by atoms with Crippen molar-refractivity contribution in [2.24, 2.45) is 11.8 Å². The van der Waals surface area contributed by atoms with Gasteiger partial charge in [-0.25, -0.2) is 8.42 Å². The van der Waals surface area contributed by atoms with Crippen LogP contribution in [-0.4, -0.2) is 33.2 Å². The Bertz CT molecular complexity index is 751. The highest BCUT2D eigenvalue weighted by Crippen LogP contribution is 2.32. The van der Waals surface area contributed by atoms with E-state index in [1.807, 2.05) is 0 Å². The number of rotatable bonds is 8. The van der Waals surface area contributed by atoms with Crippen LogP contribution in [0.3, 0.4) is 0 Å². The van der Waals surface area contributed by atoms with Gasteiger partial charge in [0, 0.05) is 11.9 Å². The van der Waals surface area contributed by atoms with Crippen LogP contribution in [0.2, 0.25) is 0 Å². The summed E-state index contributed by atoms with van der Waals surface area (Å²) in [6, 6.07) is 5.98. The standard InChI is InChI=1S/C20H29NO5S/c1-3-4-6-15-9-11-16(12-10-15)20(23)26-14-19(22)21-17-7-5-8-18(13-17)27(2,24)25/h5,7-8,13,15-16H,3-4,6,9-12,14H2,1-2H3,(H,21,22). The van der Waals surface area contributed by atoms with E-state index in [9.17, 15) is 18.0 Å². The number of nitrogens with one attached hydrogen (secondary N) is 1. The van der Waals surface area contributed by atoms with Crippen LogP contribution in [0, 0.1) is 11.8 Å². The number of benzene rings is 1. The predicted octanol–water partition coefficient (Wildman–Crippen LogP) is 3.57. The van der Waals surface area contributed by atoms with E-state index in [0.29, 0.717) is 11.6 Å². The molecule has 0 radical (unpaired) electrons. The molecule has 0 heterocycles. The van der Waals surface area contributed by atoms with Crippen LogP contribution < -0.4 is 5.32 Å². The molecule has 0 atom stereocenters. The van der Waals surface area contributed by atoms with E-state index in [0.717, 1.165) is 31.9 Å². The summed E-state index contributed by atoms with van der Waals surface area (Å²) in [5.41, 5.74) is 0.357. The average molecular weight is 396 g/mol. The van der Waals surface area contributed by atoms with Crippen molar-refractivity contribution in [1.82, 2.24) is 0 Å². The lowest BCUT2D eigenvalue weighted by atomic mass is 9.80. The van der Waals surface area contributed by atoms with Gasteiger partial charge in [0.2, 0.25) is 0 Å². The second-order valence-electron chi connectivity index (χ2n) is 7.32. The van der Waals surface area contributed by atoms with Gasteiger partial charge in [-0.3, -0.25) is 9.59 Å². The molecule has 1 N–H and O–H groups in total. The number of esters is 1. The molecule has 0 aliphatic heterocycles. The third-order valence-electron chi connectivity index (χ3n) is 5.04. The van der Waals surface area contributed by atoms with Gasteiger partial charge in [0.15, 0.2) is 16.4 Å². The Labute approximate surface area is 161 Å². The molecule has 27 heavy (non-hydrogen) atoms. The van der Waals surface area contributed by atoms with Gasteiger partial charge in [0.25, 0.3) is 5.91 Å². The second kappa shape index (κ2) is 9.88. The largest absolute Gasteiger partial charge is 0.455 e. The fraction of sp³-hybridized carbons (Fsp3) is 0.600. The second-order valence-corrected chi connectivity index (χ2v) is 9.33. The van der Waals surface area contributed by atoms with Gasteiger partial charge in [-0.05, 0) is 49.8 Å². The van der Waals surface area contributed by atoms with E-state index in [1.165, 1.54) is 31.4 Å². The highest BCUT2D eigenvalue weighted by atomic mass is 32.2. The molecule has 1 aromatic carbocycles. The number of hydrogen-bond acceptors (Lipinski definition) is 5. The molecule has 1 fully saturated rings. The smallest absolute Gasteiger partial charge is 0.309 e. The van der Waals surface area contributed by atoms with E-state index in [-0.39, 0.29) is 23.4 Å². The lowest BCUT2D eigenvalue weighted by molar-refractivity contribution is -0.152. The zero-order chi connectivity index (χ0) is 19.9. The minimum atomic E-state index is -3.35. The summed E-state index contributed by atoms with van der Waals surface area (Å²) in [5.74, 6) is -0.210. The van der Waals surface area contributed by atoms with Gasteiger partial charge < -0.3 is 10.1 Å². The van der Waals surface area contributed by atoms with Gasteiger partial charge >= 0.3 is 5.97 Å². The van der Waals surface area contributed by atoms with Crippen LogP contribution in [0.4, 0.5) is 5.69 Å². The van der Waals surface area contributed by atoms with Crippen molar-refractivity contribution in [3.05, 3.63) is 24.3 Å². The molecule has 7 heteroatoms. The molecule has 0 aromatic heterocycles. The summed E-state index contributed by atoms with van der Waals surface area (Å²) in [5, 5.41) is 2.56. The molecule has 150 valence electrons. The molecule has 0 unspecified atom stereocenters. The third kappa shape index (κ3) is 6.97. The van der Waals surface area contributed by atoms with Gasteiger partial charge in [0.1, 0.15) is 0 Å². The van der Waals surface area contributed by atoms with Crippen LogP contribution in [0.1, 0.15) is 51.9 Å². The van der Waals surface area contributed by atoms with Crippen molar-refractivity contribution in [1.29, 1.82) is 0 Å². The quantitative estimate of drug-likeness (QED) is 0.680. The topological polar surface area (TPSA) is 89.5 Å². The van der Waals surface area contributed by atoms with Crippen molar-refractivity contribution in [3.63, 3.8) is 0 Å². The van der Waals surface area contributed by atoms with E-state index < -0.39 is 15.7 Å². The molecule has 0 saturated heterocycles. The summed E-state index contributed by atoms with van der Waals surface area (Å²) in [6.07, 6.45) is 8.51. The number of hydrogen-bond donors (Lipinski definition) is 1. The normalized spacial score (nSPS) is 20.1. The van der Waals surface area contributed by atoms with Crippen molar-refractivity contribution < 1.29 is 22.7 Å². The van der Waals surface area contributed by atoms with Crippen molar-refractivity contribution in [2.45, 2.75) is 56.8 Å². The first-order valence-electron chi connectivity index (χ1n) is 9.56. The minimum absolute atomic E-state index is 0.121. The first-order valence-corrected chi connectivity index (χ1v) is 11.5. The fourth-order valence-corrected chi connectivity index (χ4v) is 4.10. The molecule has 1 amide bonds. The first-order chi connectivity index (χ1) is 12.8. The molecular weight excluding hydrogens is 366 g/mol. The summed E-state index contributed by atoms with van der Waals surface area (Å²) >= 11 is 0. The van der Waals surface area contributed by atoms with Crippen LogP contribution in [-0.2, 0) is 24.2 Å². The van der Waals surface area contributed by atoms with Crippen molar-refractivity contribution in [2.75, 3.05) is 18.2 Å². The maximum Gasteiger partial charge on any atom is 0.309 e. The summed E-state index contributed by atoms with van der Waals surface area (Å²) in [7, 11) is -3.35. The number of sulfone groups is 1. The van der Waals surface area contributed by atoms with Gasteiger partial charge in [-0.1, -0.05) is 32.3 Å². The number of carbonyl (C=O) groups is 2. The van der Waals surface area contributed by atoms with Gasteiger partial charge in [-0.2, -0.15) is 0 Å². The first kappa shape index (κ1) is 21.4. The Balaban J connectivity index is 1.77. The van der Waals surface area contributed by atoms with Crippen molar-refractivity contribution >= 4 is 27.4 Å². The fourth-order valence-electron chi connectivity index (χ4n) is 3.44. The summed E-state index contributed by atoms with van der Waals surface area (Å²) < 4.78 is 28.3. The van der Waals surface area contributed by atoms with E-state index >= 15 is 0 Å². The Morgan fingerprint density at radius 3 is 2.52 bits per heavy atom. The Morgan fingerprint density at radius 2 is 1.89 bits per heavy atom. The van der Waals surface area contributed by atoms with E-state index in [1.54, 1.807) is 12.1 Å². The van der Waals surface area contributed by atoms with Crippen molar-refractivity contribution in [3.8, 4) is 0 Å². The molecule has 6 nitrogen and oxygen atoms in total. The number of ether oxygens (including phenoxy) is 1. The van der Waals surface area contributed by atoms with Crippen LogP contribution in [0.25, 0.3) is 0 Å². The molecule has 1 aliphatic carbocycles. The molecular formula is C20H29NO5S. The molecule has 0 bridgehead atoms. The van der Waals surface area contributed by atoms with Crippen LogP contribution in [0.5, 0.6) is 0 Å². The minimum Gasteiger partial charge on any atom is -0.455 e. The number of carbonyl (C=O) groups excluding carboxylic acids is 2. The monoisotopic (exact) mass is 395 g/mol. The zero-order valence-electron chi connectivity index (χ0n) is 16.1. The Kier molecular flexibility index (Phi) is 7.83. The number of amides is 1. The van der Waals surface area contributed by atoms with Crippen LogP contribution >= 0.6 is 0 Å². The number of unbranched alkanes of at least 4 members (excludes halogenated alkanes) is 1. The predicted molar refractivity (Wildman–Crippen MR) is 104 cm³/mol. The maximum atomic E-state index is 12.2. The number of anilines is 1. The summed E-state index contributed by atoms with van der Waals surface area (Å²) in [6.45, 7) is 1.82. The van der Waals surface area contributed by atoms with E-state index in [2.05, 4.69) is 12.2 Å². The van der Waals surface area contributed by atoms with Gasteiger partial charge in [-0.15, -0.1) is 0 Å². The van der Waals surface area contributed by atoms with Crippen LogP contribution in [0.15, 0.2) is 29.2 Å².